The molecule has 1 aliphatic heterocycles. The lowest BCUT2D eigenvalue weighted by atomic mass is 10.0. The van der Waals surface area contributed by atoms with Gasteiger partial charge in [-0.15, -0.1) is 0 Å². The van der Waals surface area contributed by atoms with Gasteiger partial charge in [-0.2, -0.15) is 0 Å². The molecule has 0 unspecified atom stereocenters. The van der Waals surface area contributed by atoms with Crippen LogP contribution in [0.4, 0.5) is 10.6 Å². The number of aromatic nitrogens is 2. The van der Waals surface area contributed by atoms with Crippen molar-refractivity contribution in [1.29, 1.82) is 0 Å². The molecule has 10 heteroatoms. The lowest BCUT2D eigenvalue weighted by Crippen LogP contribution is -2.47. The number of hydrogen-bond donors (Lipinski definition) is 2. The molecular weight excluding hydrogens is 540 g/mol. The number of halogens is 1. The molecule has 3 heterocycles. The fraction of sp³-hybridized carbons (Fsp3) is 0.323. The molecule has 0 radical (unpaired) electrons. The topological polar surface area (TPSA) is 91.2 Å². The monoisotopic (exact) mass is 574 g/mol. The summed E-state index contributed by atoms with van der Waals surface area (Å²) in [6, 6.07) is 14.9. The van der Waals surface area contributed by atoms with Gasteiger partial charge in [0.15, 0.2) is 0 Å². The molecule has 1 saturated heterocycles. The second-order valence-electron chi connectivity index (χ2n) is 10.3. The lowest BCUT2D eigenvalue weighted by Gasteiger charge is -2.32. The van der Waals surface area contributed by atoms with Crippen LogP contribution in [0, 0.1) is 6.92 Å². The number of hydrogen-bond acceptors (Lipinski definition) is 5. The van der Waals surface area contributed by atoms with Crippen molar-refractivity contribution >= 4 is 35.0 Å². The summed E-state index contributed by atoms with van der Waals surface area (Å²) in [5, 5.41) is 6.38. The number of methoxy groups -OCH3 is 1. The number of imidazole rings is 1. The van der Waals surface area contributed by atoms with Crippen LogP contribution in [0.15, 0.2) is 54.7 Å². The number of aryl methyl sites for hydroxylation is 2. The van der Waals surface area contributed by atoms with Crippen molar-refractivity contribution in [2.75, 3.05) is 45.7 Å². The molecule has 41 heavy (non-hydrogen) atoms. The van der Waals surface area contributed by atoms with E-state index in [-0.39, 0.29) is 11.9 Å². The Balaban J connectivity index is 1.35. The third kappa shape index (κ3) is 6.16. The molecule has 3 amide bonds. The van der Waals surface area contributed by atoms with Gasteiger partial charge in [0.25, 0.3) is 5.91 Å². The number of piperazine rings is 1. The first-order valence-electron chi connectivity index (χ1n) is 13.7. The summed E-state index contributed by atoms with van der Waals surface area (Å²) in [6.07, 6.45) is 2.63. The van der Waals surface area contributed by atoms with E-state index in [1.54, 1.807) is 19.2 Å². The predicted molar refractivity (Wildman–Crippen MR) is 162 cm³/mol. The quantitative estimate of drug-likeness (QED) is 0.315. The number of anilines is 1. The minimum Gasteiger partial charge on any atom is -0.495 e. The number of nitrogens with one attached hydrogen (secondary N) is 2. The first-order chi connectivity index (χ1) is 19.8. The highest BCUT2D eigenvalue weighted by atomic mass is 35.5. The average molecular weight is 575 g/mol. The van der Waals surface area contributed by atoms with Gasteiger partial charge in [-0.1, -0.05) is 36.7 Å². The summed E-state index contributed by atoms with van der Waals surface area (Å²) < 4.78 is 7.13. The number of ether oxygens (including phenoxy) is 1. The van der Waals surface area contributed by atoms with E-state index < -0.39 is 0 Å². The number of likely N-dealkylation sites (N-methyl/N-ethyl adjacent to an activating group) is 1. The maximum atomic E-state index is 13.0. The smallest absolute Gasteiger partial charge is 0.320 e. The molecule has 5 rings (SSSR count). The SMILES string of the molecule is CCc1nc2c(C)cc(-c3ccc(C(=O)N4CCN(C)CC4)cc3)cn2c1NC(=O)NCc1ccc(OC)c(Cl)c1. The van der Waals surface area contributed by atoms with E-state index in [4.69, 9.17) is 21.3 Å². The van der Waals surface area contributed by atoms with Crippen LogP contribution in [0.2, 0.25) is 5.02 Å². The van der Waals surface area contributed by atoms with Gasteiger partial charge < -0.3 is 19.9 Å². The number of fused-ring (bicyclic) bond motifs is 1. The van der Waals surface area contributed by atoms with Crippen molar-refractivity contribution in [2.45, 2.75) is 26.8 Å². The summed E-state index contributed by atoms with van der Waals surface area (Å²) in [7, 11) is 3.64. The van der Waals surface area contributed by atoms with E-state index in [0.717, 1.165) is 59.8 Å². The van der Waals surface area contributed by atoms with Gasteiger partial charge in [-0.3, -0.25) is 14.5 Å². The number of carbonyl (C=O) groups is 2. The van der Waals surface area contributed by atoms with Crippen molar-refractivity contribution < 1.29 is 14.3 Å². The highest BCUT2D eigenvalue weighted by Crippen LogP contribution is 2.28. The van der Waals surface area contributed by atoms with E-state index in [0.29, 0.717) is 35.1 Å². The Labute approximate surface area is 245 Å². The van der Waals surface area contributed by atoms with Crippen LogP contribution in [0.1, 0.15) is 34.1 Å². The Morgan fingerprint density at radius 2 is 1.76 bits per heavy atom. The number of rotatable bonds is 7. The molecule has 2 aromatic carbocycles. The molecule has 1 fully saturated rings. The first kappa shape index (κ1) is 28.4. The Kier molecular flexibility index (Phi) is 8.46. The van der Waals surface area contributed by atoms with Gasteiger partial charge in [0, 0.05) is 44.5 Å². The zero-order chi connectivity index (χ0) is 29.1. The molecule has 0 spiro atoms. The van der Waals surface area contributed by atoms with E-state index in [1.807, 2.05) is 59.7 Å². The van der Waals surface area contributed by atoms with Crippen LogP contribution in [0.3, 0.4) is 0 Å². The van der Waals surface area contributed by atoms with E-state index in [9.17, 15) is 9.59 Å². The summed E-state index contributed by atoms with van der Waals surface area (Å²) in [6.45, 7) is 7.58. The summed E-state index contributed by atoms with van der Waals surface area (Å²) in [5.41, 5.74) is 6.03. The number of carbonyl (C=O) groups excluding carboxylic acids is 2. The average Bonchev–Trinajstić information content (AvgIpc) is 3.34. The highest BCUT2D eigenvalue weighted by Gasteiger charge is 2.21. The van der Waals surface area contributed by atoms with Crippen molar-refractivity contribution in [3.63, 3.8) is 0 Å². The third-order valence-corrected chi connectivity index (χ3v) is 7.76. The molecule has 214 valence electrons. The molecule has 0 aliphatic carbocycles. The number of benzene rings is 2. The summed E-state index contributed by atoms with van der Waals surface area (Å²) in [4.78, 5) is 34.9. The Morgan fingerprint density at radius 1 is 1.02 bits per heavy atom. The predicted octanol–water partition coefficient (Wildman–Crippen LogP) is 5.24. The summed E-state index contributed by atoms with van der Waals surface area (Å²) >= 11 is 6.22. The van der Waals surface area contributed by atoms with Crippen LogP contribution >= 0.6 is 11.6 Å². The molecule has 0 saturated carbocycles. The van der Waals surface area contributed by atoms with Crippen LogP contribution in [0.5, 0.6) is 5.75 Å². The zero-order valence-corrected chi connectivity index (χ0v) is 24.6. The maximum absolute atomic E-state index is 13.0. The lowest BCUT2D eigenvalue weighted by molar-refractivity contribution is 0.0664. The van der Waals surface area contributed by atoms with Crippen molar-refractivity contribution in [3.8, 4) is 16.9 Å². The molecule has 0 bridgehead atoms. The normalized spacial score (nSPS) is 13.8. The van der Waals surface area contributed by atoms with Gasteiger partial charge in [0.1, 0.15) is 17.2 Å². The van der Waals surface area contributed by atoms with Crippen LogP contribution in [0.25, 0.3) is 16.8 Å². The summed E-state index contributed by atoms with van der Waals surface area (Å²) in [5.74, 6) is 1.27. The van der Waals surface area contributed by atoms with Crippen LogP contribution in [-0.2, 0) is 13.0 Å². The fourth-order valence-electron chi connectivity index (χ4n) is 5.05. The van der Waals surface area contributed by atoms with Gasteiger partial charge in [0.05, 0.1) is 17.8 Å². The van der Waals surface area contributed by atoms with E-state index in [1.165, 1.54) is 0 Å². The van der Waals surface area contributed by atoms with Gasteiger partial charge in [-0.25, -0.2) is 9.78 Å². The van der Waals surface area contributed by atoms with Crippen LogP contribution < -0.4 is 15.4 Å². The molecule has 2 aromatic heterocycles. The Hall–Kier alpha value is -4.08. The van der Waals surface area contributed by atoms with E-state index in [2.05, 4.69) is 28.6 Å². The standard InChI is InChI=1S/C31H35ClN6O3/c1-5-26-29(35-31(40)33-18-21-6-11-27(41-4)25(32)17-21)38-19-24(16-20(2)28(38)34-26)22-7-9-23(10-8-22)30(39)37-14-12-36(3)13-15-37/h6-11,16-17,19H,5,12-15,18H2,1-4H3,(H2,33,35,40). The van der Waals surface area contributed by atoms with Crippen molar-refractivity contribution in [2.24, 2.45) is 0 Å². The number of nitrogens with zero attached hydrogens (tertiary/aromatic N) is 4. The van der Waals surface area contributed by atoms with Crippen molar-refractivity contribution in [3.05, 3.63) is 82.1 Å². The second kappa shape index (κ2) is 12.2. The van der Waals surface area contributed by atoms with Gasteiger partial charge in [0.2, 0.25) is 0 Å². The van der Waals surface area contributed by atoms with Crippen molar-refractivity contribution in [1.82, 2.24) is 24.5 Å². The largest absolute Gasteiger partial charge is 0.495 e. The molecule has 4 aromatic rings. The number of urea groups is 1. The van der Waals surface area contributed by atoms with E-state index >= 15 is 0 Å². The number of amides is 3. The zero-order valence-electron chi connectivity index (χ0n) is 23.8. The molecule has 0 atom stereocenters. The Morgan fingerprint density at radius 3 is 2.41 bits per heavy atom. The second-order valence-corrected chi connectivity index (χ2v) is 10.7. The van der Waals surface area contributed by atoms with Crippen LogP contribution in [-0.4, -0.2) is 71.5 Å². The molecular formula is C31H35ClN6O3. The molecule has 9 nitrogen and oxygen atoms in total. The van der Waals surface area contributed by atoms with Gasteiger partial charge in [-0.05, 0) is 73.0 Å². The Bertz CT molecular complexity index is 1580. The van der Waals surface area contributed by atoms with Gasteiger partial charge >= 0.3 is 6.03 Å². The molecule has 2 N–H and O–H groups in total. The highest BCUT2D eigenvalue weighted by molar-refractivity contribution is 6.32. The first-order valence-corrected chi connectivity index (χ1v) is 14.1. The third-order valence-electron chi connectivity index (χ3n) is 7.47. The fourth-order valence-corrected chi connectivity index (χ4v) is 5.33. The minimum absolute atomic E-state index is 0.0629. The maximum Gasteiger partial charge on any atom is 0.320 e. The number of pyridine rings is 1. The molecule has 1 aliphatic rings. The minimum atomic E-state index is -0.344.